The minimum Gasteiger partial charge on any atom is -0.455 e. The number of anilines is 1. The SMILES string of the molecule is Cc1cc(Cl)c(C(C)C)cc1Oc1cc(F)cc(F)c1N. The highest BCUT2D eigenvalue weighted by molar-refractivity contribution is 6.31. The van der Waals surface area contributed by atoms with E-state index in [1.807, 2.05) is 13.8 Å². The van der Waals surface area contributed by atoms with E-state index in [4.69, 9.17) is 22.1 Å². The maximum atomic E-state index is 13.4. The Bertz CT molecular complexity index is 686. The number of hydrogen-bond acceptors (Lipinski definition) is 2. The monoisotopic (exact) mass is 311 g/mol. The molecule has 21 heavy (non-hydrogen) atoms. The Balaban J connectivity index is 2.47. The fraction of sp³-hybridized carbons (Fsp3) is 0.250. The third kappa shape index (κ3) is 3.27. The second-order valence-corrected chi connectivity index (χ2v) is 5.60. The zero-order chi connectivity index (χ0) is 15.7. The molecule has 0 spiro atoms. The Morgan fingerprint density at radius 1 is 1.10 bits per heavy atom. The van der Waals surface area contributed by atoms with Crippen molar-refractivity contribution in [2.45, 2.75) is 26.7 Å². The molecule has 0 aliphatic rings. The van der Waals surface area contributed by atoms with E-state index in [9.17, 15) is 8.78 Å². The summed E-state index contributed by atoms with van der Waals surface area (Å²) in [6, 6.07) is 5.31. The largest absolute Gasteiger partial charge is 0.455 e. The molecule has 2 rings (SSSR count). The summed E-state index contributed by atoms with van der Waals surface area (Å²) < 4.78 is 32.3. The molecule has 0 fully saturated rings. The predicted molar refractivity (Wildman–Crippen MR) is 81.1 cm³/mol. The van der Waals surface area contributed by atoms with Crippen molar-refractivity contribution in [3.63, 3.8) is 0 Å². The van der Waals surface area contributed by atoms with Crippen LogP contribution in [0.1, 0.15) is 30.9 Å². The second kappa shape index (κ2) is 5.90. The van der Waals surface area contributed by atoms with Gasteiger partial charge in [-0.25, -0.2) is 8.78 Å². The summed E-state index contributed by atoms with van der Waals surface area (Å²) in [6.07, 6.45) is 0. The van der Waals surface area contributed by atoms with E-state index in [2.05, 4.69) is 0 Å². The van der Waals surface area contributed by atoms with Crippen LogP contribution < -0.4 is 10.5 Å². The van der Waals surface area contributed by atoms with Gasteiger partial charge in [0.15, 0.2) is 11.6 Å². The van der Waals surface area contributed by atoms with E-state index < -0.39 is 11.6 Å². The lowest BCUT2D eigenvalue weighted by Gasteiger charge is -2.15. The van der Waals surface area contributed by atoms with Gasteiger partial charge in [0.05, 0.1) is 0 Å². The van der Waals surface area contributed by atoms with Crippen molar-refractivity contribution in [3.05, 3.63) is 52.0 Å². The van der Waals surface area contributed by atoms with Gasteiger partial charge in [0.2, 0.25) is 0 Å². The van der Waals surface area contributed by atoms with E-state index in [0.717, 1.165) is 23.3 Å². The number of aryl methyl sites for hydroxylation is 1. The molecule has 2 N–H and O–H groups in total. The average molecular weight is 312 g/mol. The first-order valence-electron chi connectivity index (χ1n) is 6.52. The molecular weight excluding hydrogens is 296 g/mol. The van der Waals surface area contributed by atoms with E-state index in [1.54, 1.807) is 19.1 Å². The maximum Gasteiger partial charge on any atom is 0.156 e. The minimum absolute atomic E-state index is 0.0485. The van der Waals surface area contributed by atoms with Gasteiger partial charge in [-0.3, -0.25) is 0 Å². The first-order valence-corrected chi connectivity index (χ1v) is 6.89. The molecule has 0 heterocycles. The van der Waals surface area contributed by atoms with Crippen LogP contribution in [0.3, 0.4) is 0 Å². The fourth-order valence-corrected chi connectivity index (χ4v) is 2.42. The van der Waals surface area contributed by atoms with Gasteiger partial charge in [0, 0.05) is 17.2 Å². The highest BCUT2D eigenvalue weighted by atomic mass is 35.5. The molecule has 0 amide bonds. The Morgan fingerprint density at radius 2 is 1.76 bits per heavy atom. The van der Waals surface area contributed by atoms with Crippen LogP contribution in [0.15, 0.2) is 24.3 Å². The number of halogens is 3. The van der Waals surface area contributed by atoms with Crippen LogP contribution in [0.5, 0.6) is 11.5 Å². The molecule has 2 aromatic carbocycles. The lowest BCUT2D eigenvalue weighted by Crippen LogP contribution is -1.99. The molecule has 2 nitrogen and oxygen atoms in total. The van der Waals surface area contributed by atoms with Gasteiger partial charge in [0.25, 0.3) is 0 Å². The zero-order valence-electron chi connectivity index (χ0n) is 12.0. The zero-order valence-corrected chi connectivity index (χ0v) is 12.8. The first kappa shape index (κ1) is 15.6. The van der Waals surface area contributed by atoms with Crippen LogP contribution >= 0.6 is 11.6 Å². The van der Waals surface area contributed by atoms with Crippen LogP contribution in [0.2, 0.25) is 5.02 Å². The topological polar surface area (TPSA) is 35.2 Å². The molecule has 0 unspecified atom stereocenters. The minimum atomic E-state index is -0.847. The summed E-state index contributed by atoms with van der Waals surface area (Å²) >= 11 is 6.18. The number of benzene rings is 2. The first-order chi connectivity index (χ1) is 9.79. The second-order valence-electron chi connectivity index (χ2n) is 5.20. The van der Waals surface area contributed by atoms with Gasteiger partial charge in [-0.15, -0.1) is 0 Å². The van der Waals surface area contributed by atoms with Crippen LogP contribution in [0.25, 0.3) is 0 Å². The molecule has 0 saturated carbocycles. The lowest BCUT2D eigenvalue weighted by molar-refractivity contribution is 0.468. The Morgan fingerprint density at radius 3 is 2.38 bits per heavy atom. The molecule has 0 aliphatic carbocycles. The number of hydrogen-bond donors (Lipinski definition) is 1. The van der Waals surface area contributed by atoms with Gasteiger partial charge >= 0.3 is 0 Å². The quantitative estimate of drug-likeness (QED) is 0.768. The Labute approximate surface area is 127 Å². The molecule has 5 heteroatoms. The number of nitrogens with two attached hydrogens (primary N) is 1. The number of nitrogen functional groups attached to an aromatic ring is 1. The van der Waals surface area contributed by atoms with Crippen molar-refractivity contribution >= 4 is 17.3 Å². The Hall–Kier alpha value is -1.81. The van der Waals surface area contributed by atoms with Gasteiger partial charge in [-0.1, -0.05) is 25.4 Å². The third-order valence-electron chi connectivity index (χ3n) is 3.19. The normalized spacial score (nSPS) is 11.0. The van der Waals surface area contributed by atoms with E-state index >= 15 is 0 Å². The average Bonchev–Trinajstić information content (AvgIpc) is 2.37. The van der Waals surface area contributed by atoms with Crippen LogP contribution in [0, 0.1) is 18.6 Å². The van der Waals surface area contributed by atoms with Crippen LogP contribution in [0.4, 0.5) is 14.5 Å². The Kier molecular flexibility index (Phi) is 4.37. The highest BCUT2D eigenvalue weighted by Gasteiger charge is 2.14. The molecule has 2 aromatic rings. The summed E-state index contributed by atoms with van der Waals surface area (Å²) in [5.41, 5.74) is 7.01. The summed E-state index contributed by atoms with van der Waals surface area (Å²) in [4.78, 5) is 0. The fourth-order valence-electron chi connectivity index (χ4n) is 1.99. The third-order valence-corrected chi connectivity index (χ3v) is 3.52. The molecule has 0 aliphatic heterocycles. The summed E-state index contributed by atoms with van der Waals surface area (Å²) in [7, 11) is 0. The smallest absolute Gasteiger partial charge is 0.156 e. The van der Waals surface area contributed by atoms with Crippen LogP contribution in [-0.2, 0) is 0 Å². The summed E-state index contributed by atoms with van der Waals surface area (Å²) in [6.45, 7) is 5.80. The molecular formula is C16H16ClF2NO. The van der Waals surface area contributed by atoms with Crippen molar-refractivity contribution in [1.29, 1.82) is 0 Å². The van der Waals surface area contributed by atoms with Crippen molar-refractivity contribution in [2.24, 2.45) is 0 Å². The number of ether oxygens (including phenoxy) is 1. The lowest BCUT2D eigenvalue weighted by atomic mass is 10.0. The highest BCUT2D eigenvalue weighted by Crippen LogP contribution is 2.36. The molecule has 0 bridgehead atoms. The number of rotatable bonds is 3. The van der Waals surface area contributed by atoms with E-state index in [0.29, 0.717) is 10.8 Å². The summed E-state index contributed by atoms with van der Waals surface area (Å²) in [5, 5.41) is 0.633. The van der Waals surface area contributed by atoms with Crippen molar-refractivity contribution < 1.29 is 13.5 Å². The molecule has 0 saturated heterocycles. The van der Waals surface area contributed by atoms with Gasteiger partial charge < -0.3 is 10.5 Å². The molecule has 0 radical (unpaired) electrons. The van der Waals surface area contributed by atoms with Crippen molar-refractivity contribution in [2.75, 3.05) is 5.73 Å². The van der Waals surface area contributed by atoms with Crippen LogP contribution in [-0.4, -0.2) is 0 Å². The predicted octanol–water partition coefficient (Wildman–Crippen LogP) is 5.42. The molecule has 112 valence electrons. The van der Waals surface area contributed by atoms with Gasteiger partial charge in [0.1, 0.15) is 17.3 Å². The van der Waals surface area contributed by atoms with Crippen molar-refractivity contribution in [1.82, 2.24) is 0 Å². The van der Waals surface area contributed by atoms with E-state index in [-0.39, 0.29) is 17.4 Å². The maximum absolute atomic E-state index is 13.4. The molecule has 0 aromatic heterocycles. The van der Waals surface area contributed by atoms with Gasteiger partial charge in [-0.2, -0.15) is 0 Å². The van der Waals surface area contributed by atoms with Gasteiger partial charge in [-0.05, 0) is 36.1 Å². The standard InChI is InChI=1S/C16H16ClF2NO/c1-8(2)11-7-14(9(3)4-12(11)17)21-15-6-10(18)5-13(19)16(15)20/h4-8H,20H2,1-3H3. The van der Waals surface area contributed by atoms with Crippen molar-refractivity contribution in [3.8, 4) is 11.5 Å². The summed E-state index contributed by atoms with van der Waals surface area (Å²) in [5.74, 6) is -0.970. The molecule has 0 atom stereocenters. The van der Waals surface area contributed by atoms with E-state index in [1.165, 1.54) is 0 Å².